The van der Waals surface area contributed by atoms with Crippen LogP contribution in [0.25, 0.3) is 10.6 Å². The lowest BCUT2D eigenvalue weighted by molar-refractivity contribution is -0.115. The SMILES string of the molecule is CNC(=O)Nc1ccc(NC(=O)Cc2csc(-c3ccc(OC)c(OC)c3)n2)cc1. The van der Waals surface area contributed by atoms with E-state index in [0.717, 1.165) is 10.6 Å². The summed E-state index contributed by atoms with van der Waals surface area (Å²) in [6.07, 6.45) is 0.155. The standard InChI is InChI=1S/C21H22N4O4S/c1-22-21(27)25-15-7-5-14(6-8-15)23-19(26)11-16-12-30-20(24-16)13-4-9-17(28-2)18(10-13)29-3/h4-10,12H,11H2,1-3H3,(H,23,26)(H2,22,25,27). The zero-order valence-electron chi connectivity index (χ0n) is 16.8. The van der Waals surface area contributed by atoms with Gasteiger partial charge in [0.1, 0.15) is 5.01 Å². The second-order valence-electron chi connectivity index (χ2n) is 6.22. The van der Waals surface area contributed by atoms with Crippen molar-refractivity contribution in [1.82, 2.24) is 10.3 Å². The Hall–Kier alpha value is -3.59. The second kappa shape index (κ2) is 9.75. The molecule has 0 saturated heterocycles. The van der Waals surface area contributed by atoms with E-state index in [-0.39, 0.29) is 18.4 Å². The maximum atomic E-state index is 12.4. The van der Waals surface area contributed by atoms with Crippen LogP contribution in [0.3, 0.4) is 0 Å². The van der Waals surface area contributed by atoms with Crippen LogP contribution in [-0.2, 0) is 11.2 Å². The molecular weight excluding hydrogens is 404 g/mol. The highest BCUT2D eigenvalue weighted by Crippen LogP contribution is 2.33. The van der Waals surface area contributed by atoms with Crippen molar-refractivity contribution in [1.29, 1.82) is 0 Å². The molecule has 3 aromatic rings. The maximum Gasteiger partial charge on any atom is 0.318 e. The van der Waals surface area contributed by atoms with Gasteiger partial charge in [-0.25, -0.2) is 9.78 Å². The van der Waals surface area contributed by atoms with Gasteiger partial charge in [0, 0.05) is 29.4 Å². The third kappa shape index (κ3) is 5.26. The van der Waals surface area contributed by atoms with Crippen LogP contribution in [0, 0.1) is 0 Å². The van der Waals surface area contributed by atoms with Crippen molar-refractivity contribution in [3.05, 3.63) is 53.5 Å². The summed E-state index contributed by atoms with van der Waals surface area (Å²) < 4.78 is 10.6. The Morgan fingerprint density at radius 1 is 0.967 bits per heavy atom. The van der Waals surface area contributed by atoms with Crippen molar-refractivity contribution in [2.24, 2.45) is 0 Å². The van der Waals surface area contributed by atoms with Crippen molar-refractivity contribution in [2.45, 2.75) is 6.42 Å². The van der Waals surface area contributed by atoms with E-state index >= 15 is 0 Å². The van der Waals surface area contributed by atoms with Crippen LogP contribution in [0.4, 0.5) is 16.2 Å². The fourth-order valence-electron chi connectivity index (χ4n) is 2.69. The van der Waals surface area contributed by atoms with Gasteiger partial charge in [-0.3, -0.25) is 4.79 Å². The molecule has 156 valence electrons. The number of anilines is 2. The molecule has 0 spiro atoms. The third-order valence-electron chi connectivity index (χ3n) is 4.18. The fourth-order valence-corrected chi connectivity index (χ4v) is 3.51. The van der Waals surface area contributed by atoms with Gasteiger partial charge in [-0.1, -0.05) is 0 Å². The van der Waals surface area contributed by atoms with Crippen molar-refractivity contribution in [3.63, 3.8) is 0 Å². The number of hydrogen-bond donors (Lipinski definition) is 3. The number of nitrogens with one attached hydrogen (secondary N) is 3. The van der Waals surface area contributed by atoms with Gasteiger partial charge < -0.3 is 25.4 Å². The van der Waals surface area contributed by atoms with E-state index in [9.17, 15) is 9.59 Å². The summed E-state index contributed by atoms with van der Waals surface area (Å²) in [7, 11) is 4.71. The molecule has 0 aliphatic rings. The lowest BCUT2D eigenvalue weighted by Gasteiger charge is -2.08. The summed E-state index contributed by atoms with van der Waals surface area (Å²) in [4.78, 5) is 28.2. The van der Waals surface area contributed by atoms with E-state index < -0.39 is 0 Å². The minimum Gasteiger partial charge on any atom is -0.493 e. The minimum absolute atomic E-state index is 0.155. The number of urea groups is 1. The molecule has 0 aliphatic heterocycles. The summed E-state index contributed by atoms with van der Waals surface area (Å²) in [5.41, 5.74) is 2.84. The molecule has 0 saturated carbocycles. The average molecular weight is 426 g/mol. The van der Waals surface area contributed by atoms with Gasteiger partial charge in [-0.15, -0.1) is 11.3 Å². The summed E-state index contributed by atoms with van der Waals surface area (Å²) >= 11 is 1.46. The van der Waals surface area contributed by atoms with E-state index in [1.165, 1.54) is 11.3 Å². The first-order valence-electron chi connectivity index (χ1n) is 9.08. The van der Waals surface area contributed by atoms with Gasteiger partial charge >= 0.3 is 6.03 Å². The zero-order valence-corrected chi connectivity index (χ0v) is 17.6. The van der Waals surface area contributed by atoms with Crippen LogP contribution in [0.15, 0.2) is 47.8 Å². The van der Waals surface area contributed by atoms with Gasteiger partial charge in [0.15, 0.2) is 11.5 Å². The van der Waals surface area contributed by atoms with Gasteiger partial charge in [-0.2, -0.15) is 0 Å². The molecule has 0 radical (unpaired) electrons. The molecule has 0 aliphatic carbocycles. The molecule has 30 heavy (non-hydrogen) atoms. The molecule has 0 unspecified atom stereocenters. The number of carbonyl (C=O) groups excluding carboxylic acids is 2. The number of thiazole rings is 1. The lowest BCUT2D eigenvalue weighted by Crippen LogP contribution is -2.24. The van der Waals surface area contributed by atoms with Crippen LogP contribution in [0.2, 0.25) is 0 Å². The fraction of sp³-hybridized carbons (Fsp3) is 0.190. The first-order valence-corrected chi connectivity index (χ1v) is 9.95. The summed E-state index contributed by atoms with van der Waals surface area (Å²) in [6, 6.07) is 12.1. The van der Waals surface area contributed by atoms with Crippen molar-refractivity contribution in [2.75, 3.05) is 31.9 Å². The highest BCUT2D eigenvalue weighted by atomic mass is 32.1. The number of aromatic nitrogens is 1. The molecular formula is C21H22N4O4S. The third-order valence-corrected chi connectivity index (χ3v) is 5.12. The topological polar surface area (TPSA) is 102 Å². The number of rotatable bonds is 7. The summed E-state index contributed by atoms with van der Waals surface area (Å²) in [5, 5.41) is 10.6. The summed E-state index contributed by atoms with van der Waals surface area (Å²) in [6.45, 7) is 0. The Kier molecular flexibility index (Phi) is 6.87. The average Bonchev–Trinajstić information content (AvgIpc) is 3.22. The van der Waals surface area contributed by atoms with Crippen molar-refractivity contribution < 1.29 is 19.1 Å². The van der Waals surface area contributed by atoms with E-state index in [4.69, 9.17) is 9.47 Å². The molecule has 3 rings (SSSR count). The van der Waals surface area contributed by atoms with Gasteiger partial charge in [-0.05, 0) is 42.5 Å². The van der Waals surface area contributed by atoms with E-state index in [1.807, 2.05) is 23.6 Å². The predicted molar refractivity (Wildman–Crippen MR) is 118 cm³/mol. The number of nitrogens with zero attached hydrogens (tertiary/aromatic N) is 1. The molecule has 2 aromatic carbocycles. The highest BCUT2D eigenvalue weighted by molar-refractivity contribution is 7.13. The van der Waals surface area contributed by atoms with Gasteiger partial charge in [0.2, 0.25) is 5.91 Å². The van der Waals surface area contributed by atoms with Gasteiger partial charge in [0.25, 0.3) is 0 Å². The van der Waals surface area contributed by atoms with Crippen LogP contribution < -0.4 is 25.4 Å². The largest absolute Gasteiger partial charge is 0.493 e. The minimum atomic E-state index is -0.305. The quantitative estimate of drug-likeness (QED) is 0.534. The van der Waals surface area contributed by atoms with Crippen LogP contribution in [0.5, 0.6) is 11.5 Å². The monoisotopic (exact) mass is 426 g/mol. The maximum absolute atomic E-state index is 12.4. The molecule has 3 N–H and O–H groups in total. The van der Waals surface area contributed by atoms with E-state index in [2.05, 4.69) is 20.9 Å². The van der Waals surface area contributed by atoms with Gasteiger partial charge in [0.05, 0.1) is 26.3 Å². The Morgan fingerprint density at radius 3 is 2.27 bits per heavy atom. The number of methoxy groups -OCH3 is 2. The Morgan fingerprint density at radius 2 is 1.63 bits per heavy atom. The Bertz CT molecular complexity index is 1030. The smallest absolute Gasteiger partial charge is 0.318 e. The van der Waals surface area contributed by atoms with Crippen LogP contribution in [-0.4, -0.2) is 38.2 Å². The second-order valence-corrected chi connectivity index (χ2v) is 7.08. The Labute approximate surface area is 178 Å². The normalized spacial score (nSPS) is 10.2. The van der Waals surface area contributed by atoms with Crippen molar-refractivity contribution >= 4 is 34.6 Å². The van der Waals surface area contributed by atoms with Crippen LogP contribution in [0.1, 0.15) is 5.69 Å². The lowest BCUT2D eigenvalue weighted by atomic mass is 10.2. The van der Waals surface area contributed by atoms with E-state index in [0.29, 0.717) is 28.6 Å². The molecule has 3 amide bonds. The zero-order chi connectivity index (χ0) is 21.5. The highest BCUT2D eigenvalue weighted by Gasteiger charge is 2.12. The number of hydrogen-bond acceptors (Lipinski definition) is 6. The van der Waals surface area contributed by atoms with Crippen LogP contribution >= 0.6 is 11.3 Å². The molecule has 0 fully saturated rings. The molecule has 1 heterocycles. The Balaban J connectivity index is 1.62. The first-order chi connectivity index (χ1) is 14.5. The molecule has 0 atom stereocenters. The predicted octanol–water partition coefficient (Wildman–Crippen LogP) is 3.76. The van der Waals surface area contributed by atoms with Crippen molar-refractivity contribution in [3.8, 4) is 22.1 Å². The first kappa shape index (κ1) is 21.1. The number of benzene rings is 2. The number of ether oxygens (including phenoxy) is 2. The molecule has 1 aromatic heterocycles. The molecule has 8 nitrogen and oxygen atoms in total. The van der Waals surface area contributed by atoms with E-state index in [1.54, 1.807) is 45.5 Å². The number of carbonyl (C=O) groups is 2. The summed E-state index contributed by atoms with van der Waals surface area (Å²) in [5.74, 6) is 1.10. The number of amides is 3. The molecule has 0 bridgehead atoms. The molecule has 9 heteroatoms.